The van der Waals surface area contributed by atoms with Gasteiger partial charge in [-0.2, -0.15) is 0 Å². The van der Waals surface area contributed by atoms with Crippen LogP contribution in [-0.2, 0) is 13.1 Å². The largest absolute Gasteiger partial charge is 0.360 e. The second-order valence-corrected chi connectivity index (χ2v) is 4.60. The minimum absolute atomic E-state index is 0.727. The van der Waals surface area contributed by atoms with E-state index in [1.807, 2.05) is 6.07 Å². The van der Waals surface area contributed by atoms with Gasteiger partial charge in [-0.25, -0.2) is 0 Å². The Morgan fingerprint density at radius 1 is 1.12 bits per heavy atom. The van der Waals surface area contributed by atoms with Gasteiger partial charge in [0.2, 0.25) is 0 Å². The SMILES string of the molecule is c1cc(CNCc2ccc(C3CC3)cc2)on1. The average molecular weight is 228 g/mol. The number of benzene rings is 1. The van der Waals surface area contributed by atoms with Crippen molar-refractivity contribution in [1.82, 2.24) is 10.5 Å². The van der Waals surface area contributed by atoms with Crippen molar-refractivity contribution in [3.05, 3.63) is 53.4 Å². The molecule has 1 fully saturated rings. The van der Waals surface area contributed by atoms with Gasteiger partial charge in [-0.05, 0) is 29.9 Å². The van der Waals surface area contributed by atoms with Gasteiger partial charge < -0.3 is 9.84 Å². The summed E-state index contributed by atoms with van der Waals surface area (Å²) in [5.74, 6) is 1.71. The standard InChI is InChI=1S/C14H16N2O/c1-3-12(13-5-6-13)4-2-11(1)9-15-10-14-7-8-16-17-14/h1-4,7-8,13,15H,5-6,9-10H2. The van der Waals surface area contributed by atoms with Crippen LogP contribution in [0.1, 0.15) is 35.6 Å². The summed E-state index contributed by atoms with van der Waals surface area (Å²) in [6, 6.07) is 10.8. The van der Waals surface area contributed by atoms with Crippen molar-refractivity contribution in [3.63, 3.8) is 0 Å². The second kappa shape index (κ2) is 4.72. The summed E-state index contributed by atoms with van der Waals surface area (Å²) in [4.78, 5) is 0. The molecule has 1 aromatic carbocycles. The molecule has 0 unspecified atom stereocenters. The van der Waals surface area contributed by atoms with Gasteiger partial charge in [-0.1, -0.05) is 29.4 Å². The van der Waals surface area contributed by atoms with E-state index in [1.54, 1.807) is 6.20 Å². The Kier molecular flexibility index (Phi) is 2.92. The highest BCUT2D eigenvalue weighted by Gasteiger charge is 2.22. The molecule has 1 saturated carbocycles. The van der Waals surface area contributed by atoms with E-state index in [1.165, 1.54) is 24.0 Å². The van der Waals surface area contributed by atoms with Crippen molar-refractivity contribution in [2.75, 3.05) is 0 Å². The van der Waals surface area contributed by atoms with Crippen LogP contribution in [0.3, 0.4) is 0 Å². The van der Waals surface area contributed by atoms with Crippen molar-refractivity contribution in [2.45, 2.75) is 31.8 Å². The molecule has 0 radical (unpaired) electrons. The number of rotatable bonds is 5. The van der Waals surface area contributed by atoms with Gasteiger partial charge in [-0.3, -0.25) is 0 Å². The van der Waals surface area contributed by atoms with Gasteiger partial charge in [0.1, 0.15) is 5.76 Å². The maximum atomic E-state index is 5.02. The molecule has 0 atom stereocenters. The van der Waals surface area contributed by atoms with E-state index in [4.69, 9.17) is 4.52 Å². The smallest absolute Gasteiger partial charge is 0.150 e. The van der Waals surface area contributed by atoms with Crippen LogP contribution in [0.4, 0.5) is 0 Å². The van der Waals surface area contributed by atoms with Crippen LogP contribution in [0.25, 0.3) is 0 Å². The lowest BCUT2D eigenvalue weighted by molar-refractivity contribution is 0.373. The predicted octanol–water partition coefficient (Wildman–Crippen LogP) is 2.84. The Morgan fingerprint density at radius 2 is 1.94 bits per heavy atom. The third-order valence-electron chi connectivity index (χ3n) is 3.15. The molecule has 3 nitrogen and oxygen atoms in total. The van der Waals surface area contributed by atoms with E-state index in [9.17, 15) is 0 Å². The fraction of sp³-hybridized carbons (Fsp3) is 0.357. The zero-order chi connectivity index (χ0) is 11.5. The van der Waals surface area contributed by atoms with Crippen molar-refractivity contribution in [2.24, 2.45) is 0 Å². The molecule has 1 aliphatic rings. The van der Waals surface area contributed by atoms with Crippen LogP contribution in [-0.4, -0.2) is 5.16 Å². The summed E-state index contributed by atoms with van der Waals surface area (Å²) in [6.07, 6.45) is 4.40. The Morgan fingerprint density at radius 3 is 2.59 bits per heavy atom. The molecule has 1 N–H and O–H groups in total. The quantitative estimate of drug-likeness (QED) is 0.855. The molecular weight excluding hydrogens is 212 g/mol. The lowest BCUT2D eigenvalue weighted by atomic mass is 10.1. The second-order valence-electron chi connectivity index (χ2n) is 4.60. The number of nitrogens with one attached hydrogen (secondary N) is 1. The molecule has 2 aromatic rings. The van der Waals surface area contributed by atoms with Crippen LogP contribution in [0.5, 0.6) is 0 Å². The Hall–Kier alpha value is -1.61. The van der Waals surface area contributed by atoms with Gasteiger partial charge in [0, 0.05) is 12.6 Å². The van der Waals surface area contributed by atoms with Crippen LogP contribution in [0.15, 0.2) is 41.1 Å². The predicted molar refractivity (Wildman–Crippen MR) is 65.5 cm³/mol. The van der Waals surface area contributed by atoms with Gasteiger partial charge in [0.05, 0.1) is 12.7 Å². The van der Waals surface area contributed by atoms with E-state index in [2.05, 4.69) is 34.7 Å². The lowest BCUT2D eigenvalue weighted by Gasteiger charge is -2.04. The average Bonchev–Trinajstić information content (AvgIpc) is 3.08. The normalized spacial score (nSPS) is 15.1. The molecule has 17 heavy (non-hydrogen) atoms. The minimum Gasteiger partial charge on any atom is -0.360 e. The summed E-state index contributed by atoms with van der Waals surface area (Å²) < 4.78 is 5.02. The zero-order valence-corrected chi connectivity index (χ0v) is 9.73. The molecule has 0 spiro atoms. The van der Waals surface area contributed by atoms with Gasteiger partial charge in [0.25, 0.3) is 0 Å². The van der Waals surface area contributed by atoms with Crippen molar-refractivity contribution in [3.8, 4) is 0 Å². The van der Waals surface area contributed by atoms with E-state index in [-0.39, 0.29) is 0 Å². The Balaban J connectivity index is 1.51. The van der Waals surface area contributed by atoms with E-state index < -0.39 is 0 Å². The molecular formula is C14H16N2O. The third-order valence-corrected chi connectivity index (χ3v) is 3.15. The summed E-state index contributed by atoms with van der Waals surface area (Å²) in [7, 11) is 0. The summed E-state index contributed by atoms with van der Waals surface area (Å²) in [5.41, 5.74) is 2.80. The molecule has 3 heteroatoms. The van der Waals surface area contributed by atoms with Gasteiger partial charge in [-0.15, -0.1) is 0 Å². The zero-order valence-electron chi connectivity index (χ0n) is 9.73. The molecule has 0 saturated heterocycles. The first-order valence-electron chi connectivity index (χ1n) is 6.11. The van der Waals surface area contributed by atoms with E-state index in [0.29, 0.717) is 0 Å². The summed E-state index contributed by atoms with van der Waals surface area (Å²) >= 11 is 0. The van der Waals surface area contributed by atoms with E-state index >= 15 is 0 Å². The van der Waals surface area contributed by atoms with Crippen LogP contribution < -0.4 is 5.32 Å². The molecule has 1 aliphatic carbocycles. The first kappa shape index (κ1) is 10.5. The van der Waals surface area contributed by atoms with Crippen LogP contribution >= 0.6 is 0 Å². The Bertz CT molecular complexity index is 457. The van der Waals surface area contributed by atoms with Crippen LogP contribution in [0, 0.1) is 0 Å². The number of hydrogen-bond acceptors (Lipinski definition) is 3. The molecule has 0 amide bonds. The Labute approximate surface area is 101 Å². The minimum atomic E-state index is 0.727. The molecule has 1 heterocycles. The van der Waals surface area contributed by atoms with E-state index in [0.717, 1.165) is 24.8 Å². The maximum absolute atomic E-state index is 5.02. The highest BCUT2D eigenvalue weighted by atomic mass is 16.5. The van der Waals surface area contributed by atoms with Crippen molar-refractivity contribution in [1.29, 1.82) is 0 Å². The third kappa shape index (κ3) is 2.74. The first-order valence-corrected chi connectivity index (χ1v) is 6.11. The highest BCUT2D eigenvalue weighted by molar-refractivity contribution is 5.27. The highest BCUT2D eigenvalue weighted by Crippen LogP contribution is 2.39. The summed E-state index contributed by atoms with van der Waals surface area (Å²) in [6.45, 7) is 1.59. The van der Waals surface area contributed by atoms with Crippen molar-refractivity contribution < 1.29 is 4.52 Å². The topological polar surface area (TPSA) is 38.1 Å². The maximum Gasteiger partial charge on any atom is 0.150 e. The fourth-order valence-electron chi connectivity index (χ4n) is 1.99. The number of aromatic nitrogens is 1. The van der Waals surface area contributed by atoms with Crippen molar-refractivity contribution >= 4 is 0 Å². The fourth-order valence-corrected chi connectivity index (χ4v) is 1.99. The van der Waals surface area contributed by atoms with Gasteiger partial charge >= 0.3 is 0 Å². The number of hydrogen-bond donors (Lipinski definition) is 1. The number of nitrogens with zero attached hydrogens (tertiary/aromatic N) is 1. The molecule has 3 rings (SSSR count). The molecule has 0 bridgehead atoms. The van der Waals surface area contributed by atoms with Crippen LogP contribution in [0.2, 0.25) is 0 Å². The first-order chi connectivity index (χ1) is 8.42. The molecule has 88 valence electrons. The molecule has 0 aliphatic heterocycles. The monoisotopic (exact) mass is 228 g/mol. The molecule has 1 aromatic heterocycles. The van der Waals surface area contributed by atoms with Gasteiger partial charge in [0.15, 0.2) is 0 Å². The lowest BCUT2D eigenvalue weighted by Crippen LogP contribution is -2.12. The summed E-state index contributed by atoms with van der Waals surface area (Å²) in [5, 5.41) is 7.01.